The summed E-state index contributed by atoms with van der Waals surface area (Å²) in [7, 11) is 0. The first-order valence-corrected chi connectivity index (χ1v) is 15.6. The number of nitrogens with zero attached hydrogens (tertiary/aromatic N) is 4. The summed E-state index contributed by atoms with van der Waals surface area (Å²) in [6, 6.07) is 6.33. The molecule has 0 bridgehead atoms. The molecule has 1 amide bonds. The van der Waals surface area contributed by atoms with E-state index in [1.54, 1.807) is 22.3 Å². The van der Waals surface area contributed by atoms with Crippen molar-refractivity contribution in [1.82, 2.24) is 24.5 Å². The van der Waals surface area contributed by atoms with Crippen LogP contribution in [0, 0.1) is 24.6 Å². The zero-order chi connectivity index (χ0) is 30.2. The molecule has 5 heterocycles. The number of likely N-dealkylation sites (tertiary alicyclic amines) is 1. The molecule has 0 spiro atoms. The third-order valence-corrected chi connectivity index (χ3v) is 9.39. The number of hydrogen-bond donors (Lipinski definition) is 1. The Hall–Kier alpha value is -2.92. The van der Waals surface area contributed by atoms with Crippen molar-refractivity contribution in [3.05, 3.63) is 59.2 Å². The molecule has 43 heavy (non-hydrogen) atoms. The number of carbonyl (C=O) groups is 1. The van der Waals surface area contributed by atoms with Gasteiger partial charge in [0.05, 0.1) is 37.5 Å². The smallest absolute Gasteiger partial charge is 0.254 e. The number of morpholine rings is 1. The summed E-state index contributed by atoms with van der Waals surface area (Å²) in [5, 5.41) is 3.42. The first kappa shape index (κ1) is 30.1. The van der Waals surface area contributed by atoms with E-state index in [-0.39, 0.29) is 29.5 Å². The van der Waals surface area contributed by atoms with E-state index in [2.05, 4.69) is 29.0 Å². The molecule has 3 aromatic rings. The van der Waals surface area contributed by atoms with E-state index in [9.17, 15) is 9.18 Å². The number of ether oxygens (including phenoxy) is 2. The van der Waals surface area contributed by atoms with E-state index in [4.69, 9.17) is 9.47 Å². The molecule has 1 aromatic carbocycles. The lowest BCUT2D eigenvalue weighted by Gasteiger charge is -2.46. The number of rotatable bonds is 8. The number of imidazole rings is 1. The Labute approximate surface area is 252 Å². The summed E-state index contributed by atoms with van der Waals surface area (Å²) in [6.45, 7) is 13.8. The molecule has 3 saturated heterocycles. The van der Waals surface area contributed by atoms with Crippen molar-refractivity contribution in [2.24, 2.45) is 5.92 Å². The predicted octanol–water partition coefficient (Wildman–Crippen LogP) is 4.64. The molecule has 3 aliphatic rings. The van der Waals surface area contributed by atoms with E-state index in [1.165, 1.54) is 12.1 Å². The number of piperidine rings is 1. The SMILES string of the molecule is Cc1nc(F)c2c(-c3ccc(F)cc3C(=O)N3CCOC[C@H]3C)cc(C3CN([C@H](CO[C@@H]4CCCNC4)C(C)C)C3)cn12. The van der Waals surface area contributed by atoms with Gasteiger partial charge in [0, 0.05) is 49.9 Å². The summed E-state index contributed by atoms with van der Waals surface area (Å²) in [4.78, 5) is 22.1. The number of carbonyl (C=O) groups excluding carboxylic acids is 1. The number of hydrogen-bond acceptors (Lipinski definition) is 6. The maximum absolute atomic E-state index is 15.4. The minimum Gasteiger partial charge on any atom is -0.377 e. The summed E-state index contributed by atoms with van der Waals surface area (Å²) in [5.41, 5.74) is 2.60. The standard InChI is InChI=1S/C33H43F2N5O3/c1-20(2)30(19-43-26-6-5-9-36-14-26)38-15-24(16-38)23-12-28(31-32(35)37-22(4)40(31)17-23)27-8-7-25(34)13-29(27)33(41)39-10-11-42-18-21(39)3/h7-8,12-13,17,20-21,24,26,30,36H,5-6,9-11,14-16,18-19H2,1-4H3/t21-,26-,30-/m1/s1. The second-order valence-corrected chi connectivity index (χ2v) is 12.7. The zero-order valence-corrected chi connectivity index (χ0v) is 25.6. The Morgan fingerprint density at radius 1 is 1.21 bits per heavy atom. The summed E-state index contributed by atoms with van der Waals surface area (Å²) < 4.78 is 43.6. The van der Waals surface area contributed by atoms with Gasteiger partial charge >= 0.3 is 0 Å². The summed E-state index contributed by atoms with van der Waals surface area (Å²) in [5.74, 6) is -0.205. The van der Waals surface area contributed by atoms with E-state index in [0.717, 1.165) is 44.6 Å². The van der Waals surface area contributed by atoms with Crippen molar-refractivity contribution in [2.75, 3.05) is 52.5 Å². The van der Waals surface area contributed by atoms with Crippen LogP contribution in [0.5, 0.6) is 0 Å². The molecule has 232 valence electrons. The van der Waals surface area contributed by atoms with Gasteiger partial charge in [-0.15, -0.1) is 0 Å². The van der Waals surface area contributed by atoms with Crippen LogP contribution >= 0.6 is 0 Å². The number of fused-ring (bicyclic) bond motifs is 1. The third-order valence-electron chi connectivity index (χ3n) is 9.39. The van der Waals surface area contributed by atoms with Gasteiger partial charge in [-0.2, -0.15) is 4.39 Å². The van der Waals surface area contributed by atoms with Crippen LogP contribution in [0.15, 0.2) is 30.5 Å². The molecular weight excluding hydrogens is 552 g/mol. The lowest BCUT2D eigenvalue weighted by Crippen LogP contribution is -2.54. The first-order chi connectivity index (χ1) is 20.7. The van der Waals surface area contributed by atoms with Crippen LogP contribution in [0.25, 0.3) is 16.6 Å². The average molecular weight is 596 g/mol. The highest BCUT2D eigenvalue weighted by molar-refractivity contribution is 6.03. The molecule has 2 aromatic heterocycles. The van der Waals surface area contributed by atoms with E-state index in [1.807, 2.05) is 19.2 Å². The number of nitrogens with one attached hydrogen (secondary N) is 1. The minimum atomic E-state index is -0.606. The van der Waals surface area contributed by atoms with Gasteiger partial charge in [0.2, 0.25) is 5.95 Å². The van der Waals surface area contributed by atoms with Crippen molar-refractivity contribution >= 4 is 11.4 Å². The Bertz CT molecular complexity index is 1460. The van der Waals surface area contributed by atoms with Crippen molar-refractivity contribution in [2.45, 2.75) is 64.6 Å². The highest BCUT2D eigenvalue weighted by Crippen LogP contribution is 2.37. The Morgan fingerprint density at radius 2 is 2.02 bits per heavy atom. The monoisotopic (exact) mass is 595 g/mol. The van der Waals surface area contributed by atoms with Gasteiger partial charge in [-0.25, -0.2) is 9.37 Å². The van der Waals surface area contributed by atoms with Crippen LogP contribution in [0.4, 0.5) is 8.78 Å². The van der Waals surface area contributed by atoms with Crippen molar-refractivity contribution in [1.29, 1.82) is 0 Å². The van der Waals surface area contributed by atoms with Gasteiger partial charge in [-0.05, 0) is 68.5 Å². The maximum Gasteiger partial charge on any atom is 0.254 e. The quantitative estimate of drug-likeness (QED) is 0.409. The van der Waals surface area contributed by atoms with Crippen molar-refractivity contribution in [3.63, 3.8) is 0 Å². The molecule has 0 saturated carbocycles. The minimum absolute atomic E-state index is 0.147. The van der Waals surface area contributed by atoms with Crippen LogP contribution in [0.3, 0.4) is 0 Å². The van der Waals surface area contributed by atoms with Gasteiger partial charge in [0.1, 0.15) is 17.2 Å². The van der Waals surface area contributed by atoms with Crippen LogP contribution in [-0.2, 0) is 9.47 Å². The predicted molar refractivity (Wildman–Crippen MR) is 161 cm³/mol. The van der Waals surface area contributed by atoms with E-state index in [0.29, 0.717) is 60.8 Å². The number of pyridine rings is 1. The number of amides is 1. The molecular formula is C33H43F2N5O3. The van der Waals surface area contributed by atoms with Crippen LogP contribution in [-0.4, -0.2) is 95.8 Å². The molecule has 8 nitrogen and oxygen atoms in total. The second-order valence-electron chi connectivity index (χ2n) is 12.7. The van der Waals surface area contributed by atoms with Crippen LogP contribution in [0.2, 0.25) is 0 Å². The number of aryl methyl sites for hydroxylation is 1. The van der Waals surface area contributed by atoms with Gasteiger partial charge in [-0.1, -0.05) is 19.9 Å². The van der Waals surface area contributed by atoms with Crippen molar-refractivity contribution < 1.29 is 23.0 Å². The first-order valence-electron chi connectivity index (χ1n) is 15.6. The van der Waals surface area contributed by atoms with Gasteiger partial charge in [0.25, 0.3) is 5.91 Å². The van der Waals surface area contributed by atoms with E-state index >= 15 is 4.39 Å². The van der Waals surface area contributed by atoms with Crippen LogP contribution < -0.4 is 5.32 Å². The molecule has 6 rings (SSSR count). The zero-order valence-electron chi connectivity index (χ0n) is 25.6. The molecule has 3 fully saturated rings. The van der Waals surface area contributed by atoms with Gasteiger partial charge in [0.15, 0.2) is 0 Å². The second kappa shape index (κ2) is 12.6. The Balaban J connectivity index is 1.30. The molecule has 0 radical (unpaired) electrons. The average Bonchev–Trinajstić information content (AvgIpc) is 3.26. The van der Waals surface area contributed by atoms with Gasteiger partial charge < -0.3 is 24.1 Å². The highest BCUT2D eigenvalue weighted by Gasteiger charge is 2.36. The lowest BCUT2D eigenvalue weighted by atomic mass is 9.86. The summed E-state index contributed by atoms with van der Waals surface area (Å²) >= 11 is 0. The molecule has 10 heteroatoms. The van der Waals surface area contributed by atoms with Crippen molar-refractivity contribution in [3.8, 4) is 11.1 Å². The highest BCUT2D eigenvalue weighted by atomic mass is 19.1. The lowest BCUT2D eigenvalue weighted by molar-refractivity contribution is -0.0365. The summed E-state index contributed by atoms with van der Waals surface area (Å²) in [6.07, 6.45) is 4.48. The molecule has 1 N–H and O–H groups in total. The molecule has 3 aliphatic heterocycles. The molecule has 3 atom stereocenters. The fraction of sp³-hybridized carbons (Fsp3) is 0.576. The Kier molecular flexibility index (Phi) is 8.82. The topological polar surface area (TPSA) is 71.3 Å². The van der Waals surface area contributed by atoms with E-state index < -0.39 is 11.8 Å². The third kappa shape index (κ3) is 6.07. The maximum atomic E-state index is 15.4. The number of halogens is 2. The molecule has 0 aliphatic carbocycles. The fourth-order valence-electron chi connectivity index (χ4n) is 6.78. The molecule has 0 unspecified atom stereocenters. The van der Waals surface area contributed by atoms with Gasteiger partial charge in [-0.3, -0.25) is 9.69 Å². The Morgan fingerprint density at radius 3 is 2.74 bits per heavy atom. The van der Waals surface area contributed by atoms with Crippen LogP contribution in [0.1, 0.15) is 61.3 Å². The normalized spacial score (nSPS) is 22.7. The number of aromatic nitrogens is 2. The largest absolute Gasteiger partial charge is 0.377 e. The fourth-order valence-corrected chi connectivity index (χ4v) is 6.78. The number of benzene rings is 1.